The van der Waals surface area contributed by atoms with Crippen molar-refractivity contribution in [2.45, 2.75) is 23.7 Å². The summed E-state index contributed by atoms with van der Waals surface area (Å²) in [4.78, 5) is 0.476. The van der Waals surface area contributed by atoms with Gasteiger partial charge in [-0.3, -0.25) is 0 Å². The van der Waals surface area contributed by atoms with E-state index in [-0.39, 0.29) is 11.4 Å². The van der Waals surface area contributed by atoms with Crippen LogP contribution in [0.3, 0.4) is 0 Å². The lowest BCUT2D eigenvalue weighted by Crippen LogP contribution is -2.42. The van der Waals surface area contributed by atoms with E-state index >= 15 is 0 Å². The molecule has 0 bridgehead atoms. The second-order valence-electron chi connectivity index (χ2n) is 6.19. The zero-order valence-electron chi connectivity index (χ0n) is 13.9. The number of aromatic nitrogens is 1. The molecule has 4 rings (SSSR count). The molecule has 0 N–H and O–H groups in total. The van der Waals surface area contributed by atoms with Crippen molar-refractivity contribution in [2.75, 3.05) is 6.54 Å². The summed E-state index contributed by atoms with van der Waals surface area (Å²) >= 11 is 1.42. The van der Waals surface area contributed by atoms with Gasteiger partial charge >= 0.3 is 6.18 Å². The van der Waals surface area contributed by atoms with Crippen LogP contribution in [-0.4, -0.2) is 23.8 Å². The Kier molecular flexibility index (Phi) is 4.40. The van der Waals surface area contributed by atoms with Gasteiger partial charge in [-0.2, -0.15) is 17.5 Å². The van der Waals surface area contributed by atoms with Gasteiger partial charge in [0, 0.05) is 29.9 Å². The summed E-state index contributed by atoms with van der Waals surface area (Å²) in [7, 11) is -4.11. The van der Waals surface area contributed by atoms with Crippen LogP contribution in [0.4, 0.5) is 13.2 Å². The van der Waals surface area contributed by atoms with Crippen molar-refractivity contribution in [2.24, 2.45) is 0 Å². The Bertz CT molecular complexity index is 1060. The number of nitrogens with zero attached hydrogens (tertiary/aromatic N) is 2. The summed E-state index contributed by atoms with van der Waals surface area (Å²) in [5.41, 5.74) is -0.170. The van der Waals surface area contributed by atoms with E-state index in [1.807, 2.05) is 40.4 Å². The molecule has 27 heavy (non-hydrogen) atoms. The van der Waals surface area contributed by atoms with Gasteiger partial charge in [-0.15, -0.1) is 11.3 Å². The molecular weight excluding hydrogens is 397 g/mol. The van der Waals surface area contributed by atoms with E-state index in [9.17, 15) is 21.6 Å². The fraction of sp³-hybridized carbons (Fsp3) is 0.222. The van der Waals surface area contributed by atoms with Gasteiger partial charge < -0.3 is 4.57 Å². The van der Waals surface area contributed by atoms with Crippen molar-refractivity contribution in [3.63, 3.8) is 0 Å². The third kappa shape index (κ3) is 3.19. The lowest BCUT2D eigenvalue weighted by molar-refractivity contribution is -0.137. The average molecular weight is 412 g/mol. The summed E-state index contributed by atoms with van der Waals surface area (Å²) < 4.78 is 68.9. The van der Waals surface area contributed by atoms with Gasteiger partial charge in [0.05, 0.1) is 16.5 Å². The Labute approximate surface area is 158 Å². The first-order valence-corrected chi connectivity index (χ1v) is 10.5. The minimum absolute atomic E-state index is 0.183. The Morgan fingerprint density at radius 1 is 1.04 bits per heavy atom. The molecule has 142 valence electrons. The smallest absolute Gasteiger partial charge is 0.348 e. The molecule has 1 aromatic carbocycles. The maximum Gasteiger partial charge on any atom is 0.416 e. The summed E-state index contributed by atoms with van der Waals surface area (Å²) in [6.45, 7) is 0.630. The van der Waals surface area contributed by atoms with Crippen LogP contribution in [0.1, 0.15) is 22.2 Å². The Morgan fingerprint density at radius 2 is 1.85 bits per heavy atom. The zero-order chi connectivity index (χ0) is 19.2. The highest BCUT2D eigenvalue weighted by Gasteiger charge is 2.39. The zero-order valence-corrected chi connectivity index (χ0v) is 15.6. The molecule has 4 nitrogen and oxygen atoms in total. The number of fused-ring (bicyclic) bond motifs is 1. The first-order chi connectivity index (χ1) is 12.8. The quantitative estimate of drug-likeness (QED) is 0.641. The molecule has 0 radical (unpaired) electrons. The van der Waals surface area contributed by atoms with Crippen LogP contribution < -0.4 is 0 Å². The van der Waals surface area contributed by atoms with Gasteiger partial charge in [0.15, 0.2) is 0 Å². The molecule has 0 saturated heterocycles. The molecule has 9 heteroatoms. The molecule has 2 aromatic heterocycles. The van der Waals surface area contributed by atoms with E-state index in [1.54, 1.807) is 0 Å². The predicted molar refractivity (Wildman–Crippen MR) is 95.9 cm³/mol. The number of halogens is 3. The van der Waals surface area contributed by atoms with E-state index in [0.29, 0.717) is 12.6 Å². The van der Waals surface area contributed by atoms with Crippen molar-refractivity contribution in [3.05, 3.63) is 76.2 Å². The number of rotatable bonds is 3. The van der Waals surface area contributed by atoms with E-state index < -0.39 is 27.8 Å². The Balaban J connectivity index is 1.82. The molecule has 1 aliphatic heterocycles. The summed E-state index contributed by atoms with van der Waals surface area (Å²) in [5.74, 6) is 0. The minimum Gasteiger partial charge on any atom is -0.348 e. The molecule has 3 aromatic rings. The van der Waals surface area contributed by atoms with Crippen molar-refractivity contribution in [1.82, 2.24) is 8.87 Å². The molecular formula is C18H15F3N2O2S2. The molecule has 0 fully saturated rings. The van der Waals surface area contributed by atoms with Gasteiger partial charge in [-0.25, -0.2) is 8.42 Å². The second kappa shape index (κ2) is 6.50. The number of sulfonamides is 1. The SMILES string of the molecule is O=S(=O)(c1cccc(C(F)(F)F)c1)N1CCn2cccc2C1c1cccs1. The normalized spacial score (nSPS) is 18.4. The van der Waals surface area contributed by atoms with Crippen molar-refractivity contribution in [1.29, 1.82) is 0 Å². The van der Waals surface area contributed by atoms with Gasteiger partial charge in [0.2, 0.25) is 10.0 Å². The van der Waals surface area contributed by atoms with Gasteiger partial charge in [-0.1, -0.05) is 12.1 Å². The Morgan fingerprint density at radius 3 is 2.56 bits per heavy atom. The van der Waals surface area contributed by atoms with Crippen LogP contribution in [0.5, 0.6) is 0 Å². The molecule has 3 heterocycles. The predicted octanol–water partition coefficient (Wildman–Crippen LogP) is 4.36. The van der Waals surface area contributed by atoms with Crippen molar-refractivity contribution < 1.29 is 21.6 Å². The summed E-state index contributed by atoms with van der Waals surface area (Å²) in [6, 6.07) is 10.7. The van der Waals surface area contributed by atoms with E-state index in [0.717, 1.165) is 22.7 Å². The van der Waals surface area contributed by atoms with Crippen LogP contribution in [0, 0.1) is 0 Å². The largest absolute Gasteiger partial charge is 0.416 e. The first-order valence-electron chi connectivity index (χ1n) is 8.16. The van der Waals surface area contributed by atoms with Crippen molar-refractivity contribution in [3.8, 4) is 0 Å². The van der Waals surface area contributed by atoms with Crippen molar-refractivity contribution >= 4 is 21.4 Å². The lowest BCUT2D eigenvalue weighted by atomic mass is 10.1. The van der Waals surface area contributed by atoms with E-state index in [1.165, 1.54) is 21.7 Å². The van der Waals surface area contributed by atoms with Crippen LogP contribution >= 0.6 is 11.3 Å². The fourth-order valence-corrected chi connectivity index (χ4v) is 5.86. The third-order valence-corrected chi connectivity index (χ3v) is 7.36. The molecule has 0 spiro atoms. The minimum atomic E-state index is -4.60. The van der Waals surface area contributed by atoms with Crippen LogP contribution in [-0.2, 0) is 22.7 Å². The monoisotopic (exact) mass is 412 g/mol. The average Bonchev–Trinajstić information content (AvgIpc) is 3.31. The molecule has 1 aliphatic rings. The maximum atomic E-state index is 13.3. The summed E-state index contributed by atoms with van der Waals surface area (Å²) in [6.07, 6.45) is -2.72. The van der Waals surface area contributed by atoms with Crippen LogP contribution in [0.2, 0.25) is 0 Å². The number of hydrogen-bond donors (Lipinski definition) is 0. The van der Waals surface area contributed by atoms with Gasteiger partial charge in [0.1, 0.15) is 0 Å². The third-order valence-electron chi connectivity index (χ3n) is 4.57. The van der Waals surface area contributed by atoms with E-state index in [4.69, 9.17) is 0 Å². The molecule has 0 aliphatic carbocycles. The number of thiophene rings is 1. The Hall–Kier alpha value is -2.10. The van der Waals surface area contributed by atoms with Gasteiger partial charge in [0.25, 0.3) is 0 Å². The number of alkyl halides is 3. The summed E-state index contributed by atoms with van der Waals surface area (Å²) in [5, 5.41) is 1.85. The highest BCUT2D eigenvalue weighted by molar-refractivity contribution is 7.89. The van der Waals surface area contributed by atoms with E-state index in [2.05, 4.69) is 0 Å². The molecule has 0 amide bonds. The lowest BCUT2D eigenvalue weighted by Gasteiger charge is -2.35. The molecule has 1 unspecified atom stereocenters. The molecule has 1 atom stereocenters. The highest BCUT2D eigenvalue weighted by atomic mass is 32.2. The van der Waals surface area contributed by atoms with Gasteiger partial charge in [-0.05, 0) is 41.8 Å². The second-order valence-corrected chi connectivity index (χ2v) is 9.06. The first kappa shape index (κ1) is 18.3. The standard InChI is InChI=1S/C18H15F3N2O2S2/c19-18(20,21)13-4-1-5-14(12-13)27(24,25)23-10-9-22-8-2-6-15(22)17(23)16-7-3-11-26-16/h1-8,11-12,17H,9-10H2. The number of benzene rings is 1. The maximum absolute atomic E-state index is 13.3. The number of hydrogen-bond acceptors (Lipinski definition) is 3. The fourth-order valence-electron chi connectivity index (χ4n) is 3.32. The topological polar surface area (TPSA) is 42.3 Å². The highest BCUT2D eigenvalue weighted by Crippen LogP contribution is 2.39. The van der Waals surface area contributed by atoms with Crippen LogP contribution in [0.15, 0.2) is 65.0 Å². The molecule has 0 saturated carbocycles. The van der Waals surface area contributed by atoms with Crippen LogP contribution in [0.25, 0.3) is 0 Å².